The summed E-state index contributed by atoms with van der Waals surface area (Å²) in [7, 11) is 1.89. The van der Waals surface area contributed by atoms with Crippen LogP contribution in [-0.2, 0) is 19.1 Å². The van der Waals surface area contributed by atoms with Gasteiger partial charge in [-0.15, -0.1) is 0 Å². The predicted molar refractivity (Wildman–Crippen MR) is 68.2 cm³/mol. The molecule has 0 aromatic heterocycles. The molecular formula is C14H14F2O4. The largest absolute Gasteiger partial charge is 0.463 e. The highest BCUT2D eigenvalue weighted by atomic mass is 19.3. The van der Waals surface area contributed by atoms with Crippen molar-refractivity contribution in [2.24, 2.45) is 0 Å². The minimum absolute atomic E-state index is 0.663. The van der Waals surface area contributed by atoms with E-state index in [0.29, 0.717) is 5.56 Å². The molecule has 0 amide bonds. The molecule has 0 heterocycles. The summed E-state index contributed by atoms with van der Waals surface area (Å²) in [5.74, 6) is -7.54. The second kappa shape index (κ2) is 6.91. The third kappa shape index (κ3) is 3.71. The van der Waals surface area contributed by atoms with Gasteiger partial charge in [0.25, 0.3) is 0 Å². The lowest BCUT2D eigenvalue weighted by Crippen LogP contribution is -2.45. The van der Waals surface area contributed by atoms with E-state index in [1.54, 1.807) is 30.3 Å². The van der Waals surface area contributed by atoms with E-state index in [1.165, 1.54) is 6.08 Å². The number of carbonyl (C=O) groups is 2. The maximum Gasteiger partial charge on any atom is 0.381 e. The van der Waals surface area contributed by atoms with Crippen molar-refractivity contribution in [3.63, 3.8) is 0 Å². The Kier molecular flexibility index (Phi) is 5.52. The number of carbonyl (C=O) groups excluding carboxylic acids is 2. The Morgan fingerprint density at radius 2 is 1.80 bits per heavy atom. The molecule has 4 nitrogen and oxygen atoms in total. The van der Waals surface area contributed by atoms with Crippen molar-refractivity contribution in [2.75, 3.05) is 14.2 Å². The average Bonchev–Trinajstić information content (AvgIpc) is 2.47. The molecule has 0 aliphatic carbocycles. The number of benzene rings is 1. The zero-order valence-electron chi connectivity index (χ0n) is 11.0. The fraction of sp³-hybridized carbons (Fsp3) is 0.286. The van der Waals surface area contributed by atoms with E-state index in [4.69, 9.17) is 0 Å². The second-order valence-electron chi connectivity index (χ2n) is 3.87. The molecule has 0 aliphatic rings. The van der Waals surface area contributed by atoms with Crippen molar-refractivity contribution in [1.82, 2.24) is 0 Å². The number of Topliss-reactive ketones (excluding diaryl/α,β-unsaturated/α-hetero) is 1. The number of hydrogen-bond acceptors (Lipinski definition) is 4. The van der Waals surface area contributed by atoms with Gasteiger partial charge in [-0.2, -0.15) is 8.78 Å². The van der Waals surface area contributed by atoms with E-state index in [0.717, 1.165) is 20.3 Å². The summed E-state index contributed by atoms with van der Waals surface area (Å²) in [6, 6.07) is 8.64. The molecule has 1 atom stereocenters. The summed E-state index contributed by atoms with van der Waals surface area (Å²) < 4.78 is 36.2. The smallest absolute Gasteiger partial charge is 0.381 e. The third-order valence-corrected chi connectivity index (χ3v) is 2.55. The highest BCUT2D eigenvalue weighted by molar-refractivity contribution is 6.36. The van der Waals surface area contributed by atoms with Crippen molar-refractivity contribution < 1.29 is 27.8 Å². The van der Waals surface area contributed by atoms with E-state index in [1.807, 2.05) is 0 Å². The number of ketones is 1. The predicted octanol–water partition coefficient (Wildman–Crippen LogP) is 2.09. The molecule has 1 aromatic carbocycles. The van der Waals surface area contributed by atoms with E-state index in [9.17, 15) is 18.4 Å². The lowest BCUT2D eigenvalue weighted by Gasteiger charge is -2.20. The molecule has 0 N–H and O–H groups in total. The Labute approximate surface area is 115 Å². The van der Waals surface area contributed by atoms with Crippen molar-refractivity contribution in [1.29, 1.82) is 0 Å². The maximum absolute atomic E-state index is 13.8. The van der Waals surface area contributed by atoms with Crippen LogP contribution in [0.1, 0.15) is 5.56 Å². The zero-order chi connectivity index (χ0) is 15.2. The van der Waals surface area contributed by atoms with Crippen molar-refractivity contribution >= 4 is 17.8 Å². The summed E-state index contributed by atoms with van der Waals surface area (Å²) >= 11 is 0. The first-order chi connectivity index (χ1) is 9.43. The van der Waals surface area contributed by atoms with Crippen LogP contribution in [0.2, 0.25) is 0 Å². The van der Waals surface area contributed by atoms with Gasteiger partial charge in [-0.1, -0.05) is 36.4 Å². The van der Waals surface area contributed by atoms with E-state index in [2.05, 4.69) is 9.47 Å². The Hall–Kier alpha value is -2.08. The number of alkyl halides is 2. The van der Waals surface area contributed by atoms with Crippen LogP contribution in [0.25, 0.3) is 6.08 Å². The minimum atomic E-state index is -3.99. The van der Waals surface area contributed by atoms with Crippen molar-refractivity contribution in [3.05, 3.63) is 42.0 Å². The number of hydrogen-bond donors (Lipinski definition) is 0. The normalized spacial score (nSPS) is 13.2. The van der Waals surface area contributed by atoms with Crippen LogP contribution in [0.15, 0.2) is 36.4 Å². The van der Waals surface area contributed by atoms with Crippen LogP contribution >= 0.6 is 0 Å². The average molecular weight is 284 g/mol. The SMILES string of the molecule is COC(=O)C(=O)C(F)(F)C(/C=C/c1ccccc1)OC. The molecule has 1 unspecified atom stereocenters. The van der Waals surface area contributed by atoms with Gasteiger partial charge in [0.15, 0.2) is 0 Å². The van der Waals surface area contributed by atoms with Crippen LogP contribution < -0.4 is 0 Å². The molecule has 0 bridgehead atoms. The number of ether oxygens (including phenoxy) is 2. The molecule has 20 heavy (non-hydrogen) atoms. The number of methoxy groups -OCH3 is 2. The van der Waals surface area contributed by atoms with Gasteiger partial charge in [-0.25, -0.2) is 4.79 Å². The Morgan fingerprint density at radius 1 is 1.20 bits per heavy atom. The van der Waals surface area contributed by atoms with E-state index >= 15 is 0 Å². The Morgan fingerprint density at radius 3 is 2.30 bits per heavy atom. The molecule has 0 spiro atoms. The van der Waals surface area contributed by atoms with Gasteiger partial charge in [-0.05, 0) is 11.6 Å². The summed E-state index contributed by atoms with van der Waals surface area (Å²) in [4.78, 5) is 22.2. The molecule has 0 radical (unpaired) electrons. The van der Waals surface area contributed by atoms with E-state index in [-0.39, 0.29) is 0 Å². The second-order valence-corrected chi connectivity index (χ2v) is 3.87. The van der Waals surface area contributed by atoms with Gasteiger partial charge >= 0.3 is 17.7 Å². The van der Waals surface area contributed by atoms with Gasteiger partial charge in [0.2, 0.25) is 0 Å². The number of esters is 1. The standard InChI is InChI=1S/C14H14F2O4/c1-19-11(9-8-10-6-4-3-5-7-10)14(15,16)12(17)13(18)20-2/h3-9,11H,1-2H3/b9-8+. The van der Waals surface area contributed by atoms with Gasteiger partial charge in [0.1, 0.15) is 6.10 Å². The highest BCUT2D eigenvalue weighted by Gasteiger charge is 2.50. The van der Waals surface area contributed by atoms with Gasteiger partial charge < -0.3 is 9.47 Å². The summed E-state index contributed by atoms with van der Waals surface area (Å²) in [6.45, 7) is 0. The van der Waals surface area contributed by atoms with Crippen LogP contribution in [0.3, 0.4) is 0 Å². The molecule has 0 saturated carbocycles. The molecule has 0 aliphatic heterocycles. The van der Waals surface area contributed by atoms with Gasteiger partial charge in [0.05, 0.1) is 7.11 Å². The lowest BCUT2D eigenvalue weighted by atomic mass is 10.1. The molecule has 1 rings (SSSR count). The topological polar surface area (TPSA) is 52.6 Å². The lowest BCUT2D eigenvalue weighted by molar-refractivity contribution is -0.173. The highest BCUT2D eigenvalue weighted by Crippen LogP contribution is 2.24. The summed E-state index contributed by atoms with van der Waals surface area (Å²) in [5, 5.41) is 0. The van der Waals surface area contributed by atoms with Gasteiger partial charge in [0, 0.05) is 7.11 Å². The zero-order valence-corrected chi connectivity index (χ0v) is 11.0. The van der Waals surface area contributed by atoms with Crippen molar-refractivity contribution in [2.45, 2.75) is 12.0 Å². The van der Waals surface area contributed by atoms with Crippen LogP contribution in [0.4, 0.5) is 8.78 Å². The molecule has 6 heteroatoms. The van der Waals surface area contributed by atoms with Crippen LogP contribution in [0.5, 0.6) is 0 Å². The Balaban J connectivity index is 2.92. The Bertz CT molecular complexity index is 497. The van der Waals surface area contributed by atoms with Crippen LogP contribution in [-0.4, -0.2) is 38.0 Å². The quantitative estimate of drug-likeness (QED) is 0.593. The van der Waals surface area contributed by atoms with E-state index < -0.39 is 23.8 Å². The monoisotopic (exact) mass is 284 g/mol. The number of halogens is 2. The third-order valence-electron chi connectivity index (χ3n) is 2.55. The summed E-state index contributed by atoms with van der Waals surface area (Å²) in [5.41, 5.74) is 0.663. The van der Waals surface area contributed by atoms with Gasteiger partial charge in [-0.3, -0.25) is 4.79 Å². The molecule has 0 saturated heterocycles. The van der Waals surface area contributed by atoms with Crippen molar-refractivity contribution in [3.8, 4) is 0 Å². The molecule has 0 fully saturated rings. The molecule has 108 valence electrons. The molecular weight excluding hydrogens is 270 g/mol. The first kappa shape index (κ1) is 16.0. The summed E-state index contributed by atoms with van der Waals surface area (Å²) in [6.07, 6.45) is 0.553. The fourth-order valence-corrected chi connectivity index (χ4v) is 1.47. The molecule has 1 aromatic rings. The maximum atomic E-state index is 13.8. The number of rotatable bonds is 6. The van der Waals surface area contributed by atoms with Crippen LogP contribution in [0, 0.1) is 0 Å². The first-order valence-corrected chi connectivity index (χ1v) is 5.70. The fourth-order valence-electron chi connectivity index (χ4n) is 1.47. The first-order valence-electron chi connectivity index (χ1n) is 5.70. The minimum Gasteiger partial charge on any atom is -0.463 e.